The summed E-state index contributed by atoms with van der Waals surface area (Å²) in [4.78, 5) is 7.85. The monoisotopic (exact) mass is 252 g/mol. The molecule has 0 amide bonds. The van der Waals surface area contributed by atoms with Gasteiger partial charge in [-0.05, 0) is 23.8 Å². The minimum atomic E-state index is -2.89. The third-order valence-corrected chi connectivity index (χ3v) is 2.25. The van der Waals surface area contributed by atoms with Crippen molar-refractivity contribution in [2.24, 2.45) is 0 Å². The third kappa shape index (κ3) is 2.98. The number of aliphatic hydroxyl groups excluding tert-OH is 1. The van der Waals surface area contributed by atoms with Gasteiger partial charge >= 0.3 is 6.61 Å². The average molecular weight is 252 g/mol. The van der Waals surface area contributed by atoms with E-state index in [1.807, 2.05) is 0 Å². The molecule has 2 heterocycles. The van der Waals surface area contributed by atoms with Gasteiger partial charge in [0.25, 0.3) is 0 Å². The number of aliphatic hydroxyl groups is 1. The first-order chi connectivity index (χ1) is 8.69. The van der Waals surface area contributed by atoms with E-state index in [1.54, 1.807) is 24.4 Å². The van der Waals surface area contributed by atoms with Gasteiger partial charge in [0, 0.05) is 24.0 Å². The zero-order valence-electron chi connectivity index (χ0n) is 9.25. The molecule has 0 saturated heterocycles. The molecule has 4 nitrogen and oxygen atoms in total. The topological polar surface area (TPSA) is 55.2 Å². The third-order valence-electron chi connectivity index (χ3n) is 2.25. The number of nitrogens with zero attached hydrogens (tertiary/aromatic N) is 2. The Hall–Kier alpha value is -2.08. The van der Waals surface area contributed by atoms with E-state index in [1.165, 1.54) is 12.3 Å². The molecule has 0 aliphatic rings. The lowest BCUT2D eigenvalue weighted by Gasteiger charge is -2.05. The molecule has 0 bridgehead atoms. The molecule has 0 fully saturated rings. The van der Waals surface area contributed by atoms with Crippen molar-refractivity contribution < 1.29 is 18.6 Å². The highest BCUT2D eigenvalue weighted by molar-refractivity contribution is 5.58. The Morgan fingerprint density at radius 2 is 2.06 bits per heavy atom. The minimum absolute atomic E-state index is 0.0878. The largest absolute Gasteiger partial charge is 0.417 e. The van der Waals surface area contributed by atoms with Crippen LogP contribution in [-0.2, 0) is 6.61 Å². The standard InChI is InChI=1S/C12H10F2N2O2/c13-12(14)18-11-2-1-9(6-16-11)10-5-8(7-17)3-4-15-10/h1-6,12,17H,7H2. The highest BCUT2D eigenvalue weighted by Gasteiger charge is 2.06. The van der Waals surface area contributed by atoms with Crippen molar-refractivity contribution >= 4 is 0 Å². The fourth-order valence-corrected chi connectivity index (χ4v) is 1.42. The zero-order chi connectivity index (χ0) is 13.0. The Balaban J connectivity index is 2.22. The number of alkyl halides is 2. The molecule has 0 aromatic carbocycles. The lowest BCUT2D eigenvalue weighted by Crippen LogP contribution is -2.03. The molecule has 94 valence electrons. The summed E-state index contributed by atoms with van der Waals surface area (Å²) in [7, 11) is 0. The number of halogens is 2. The smallest absolute Gasteiger partial charge is 0.388 e. The molecule has 18 heavy (non-hydrogen) atoms. The second-order valence-electron chi connectivity index (χ2n) is 3.47. The predicted molar refractivity (Wildman–Crippen MR) is 60.0 cm³/mol. The first-order valence-electron chi connectivity index (χ1n) is 5.16. The van der Waals surface area contributed by atoms with Crippen molar-refractivity contribution in [1.29, 1.82) is 0 Å². The molecule has 0 atom stereocenters. The van der Waals surface area contributed by atoms with Crippen molar-refractivity contribution in [3.63, 3.8) is 0 Å². The Morgan fingerprint density at radius 1 is 1.22 bits per heavy atom. The van der Waals surface area contributed by atoms with Gasteiger partial charge in [0.2, 0.25) is 5.88 Å². The summed E-state index contributed by atoms with van der Waals surface area (Å²) in [6.07, 6.45) is 2.95. The number of hydrogen-bond donors (Lipinski definition) is 1. The van der Waals surface area contributed by atoms with E-state index in [0.29, 0.717) is 16.8 Å². The molecule has 0 unspecified atom stereocenters. The predicted octanol–water partition coefficient (Wildman–Crippen LogP) is 2.24. The van der Waals surface area contributed by atoms with Crippen LogP contribution in [0.15, 0.2) is 36.7 Å². The van der Waals surface area contributed by atoms with Crippen molar-refractivity contribution in [2.45, 2.75) is 13.2 Å². The van der Waals surface area contributed by atoms with Crippen LogP contribution in [0, 0.1) is 0 Å². The minimum Gasteiger partial charge on any atom is -0.417 e. The maximum atomic E-state index is 11.9. The first kappa shape index (κ1) is 12.4. The Bertz CT molecular complexity index is 518. The van der Waals surface area contributed by atoms with Crippen LogP contribution in [0.1, 0.15) is 5.56 Å². The number of rotatable bonds is 4. The second kappa shape index (κ2) is 5.50. The van der Waals surface area contributed by atoms with Gasteiger partial charge < -0.3 is 9.84 Å². The van der Waals surface area contributed by atoms with Crippen LogP contribution in [-0.4, -0.2) is 21.7 Å². The molecule has 0 spiro atoms. The van der Waals surface area contributed by atoms with E-state index in [-0.39, 0.29) is 12.5 Å². The number of ether oxygens (including phenoxy) is 1. The van der Waals surface area contributed by atoms with Crippen LogP contribution in [0.4, 0.5) is 8.78 Å². The van der Waals surface area contributed by atoms with Gasteiger partial charge in [0.05, 0.1) is 12.3 Å². The van der Waals surface area contributed by atoms with E-state index in [0.717, 1.165) is 0 Å². The molecule has 6 heteroatoms. The molecule has 2 aromatic rings. The van der Waals surface area contributed by atoms with Gasteiger partial charge in [-0.15, -0.1) is 0 Å². The number of pyridine rings is 2. The summed E-state index contributed by atoms with van der Waals surface area (Å²) >= 11 is 0. The molecular formula is C12H10F2N2O2. The average Bonchev–Trinajstić information content (AvgIpc) is 2.39. The van der Waals surface area contributed by atoms with Crippen molar-refractivity contribution in [3.05, 3.63) is 42.2 Å². The van der Waals surface area contributed by atoms with Gasteiger partial charge in [-0.25, -0.2) is 4.98 Å². The zero-order valence-corrected chi connectivity index (χ0v) is 9.25. The summed E-state index contributed by atoms with van der Waals surface area (Å²) in [6.45, 7) is -2.98. The molecule has 0 radical (unpaired) electrons. The van der Waals surface area contributed by atoms with Crippen LogP contribution < -0.4 is 4.74 Å². The van der Waals surface area contributed by atoms with E-state index >= 15 is 0 Å². The highest BCUT2D eigenvalue weighted by atomic mass is 19.3. The second-order valence-corrected chi connectivity index (χ2v) is 3.47. The van der Waals surface area contributed by atoms with Crippen LogP contribution in [0.3, 0.4) is 0 Å². The van der Waals surface area contributed by atoms with Gasteiger partial charge in [-0.1, -0.05) is 0 Å². The van der Waals surface area contributed by atoms with Gasteiger partial charge in [0.15, 0.2) is 0 Å². The van der Waals surface area contributed by atoms with E-state index in [4.69, 9.17) is 5.11 Å². The quantitative estimate of drug-likeness (QED) is 0.906. The highest BCUT2D eigenvalue weighted by Crippen LogP contribution is 2.19. The fraction of sp³-hybridized carbons (Fsp3) is 0.167. The summed E-state index contributed by atoms with van der Waals surface area (Å²) in [6, 6.07) is 6.30. The molecule has 0 aliphatic carbocycles. The van der Waals surface area contributed by atoms with Crippen LogP contribution in [0.5, 0.6) is 5.88 Å². The Morgan fingerprint density at radius 3 is 2.67 bits per heavy atom. The lowest BCUT2D eigenvalue weighted by atomic mass is 10.1. The Kier molecular flexibility index (Phi) is 3.78. The van der Waals surface area contributed by atoms with Crippen molar-refractivity contribution in [1.82, 2.24) is 9.97 Å². The van der Waals surface area contributed by atoms with Gasteiger partial charge in [-0.2, -0.15) is 8.78 Å². The summed E-state index contributed by atoms with van der Waals surface area (Å²) < 4.78 is 28.0. The normalized spacial score (nSPS) is 10.7. The van der Waals surface area contributed by atoms with Gasteiger partial charge in [-0.3, -0.25) is 4.98 Å². The molecule has 0 saturated carbocycles. The van der Waals surface area contributed by atoms with Crippen LogP contribution in [0.2, 0.25) is 0 Å². The molecule has 2 rings (SSSR count). The fourth-order valence-electron chi connectivity index (χ4n) is 1.42. The summed E-state index contributed by atoms with van der Waals surface area (Å²) in [5.74, 6) is -0.146. The molecular weight excluding hydrogens is 242 g/mol. The van der Waals surface area contributed by atoms with Crippen LogP contribution in [0.25, 0.3) is 11.3 Å². The van der Waals surface area contributed by atoms with Crippen LogP contribution >= 0.6 is 0 Å². The van der Waals surface area contributed by atoms with Crippen molar-refractivity contribution in [3.8, 4) is 17.1 Å². The van der Waals surface area contributed by atoms with E-state index < -0.39 is 6.61 Å². The SMILES string of the molecule is OCc1ccnc(-c2ccc(OC(F)F)nc2)c1. The number of hydrogen-bond acceptors (Lipinski definition) is 4. The first-order valence-corrected chi connectivity index (χ1v) is 5.16. The molecule has 2 aromatic heterocycles. The molecule has 1 N–H and O–H groups in total. The van der Waals surface area contributed by atoms with Crippen molar-refractivity contribution in [2.75, 3.05) is 0 Å². The van der Waals surface area contributed by atoms with Gasteiger partial charge in [0.1, 0.15) is 0 Å². The number of aromatic nitrogens is 2. The summed E-state index contributed by atoms with van der Waals surface area (Å²) in [5, 5.41) is 9.01. The maximum Gasteiger partial charge on any atom is 0.388 e. The maximum absolute atomic E-state index is 11.9. The lowest BCUT2D eigenvalue weighted by molar-refractivity contribution is -0.0528. The van der Waals surface area contributed by atoms with E-state index in [9.17, 15) is 8.78 Å². The summed E-state index contributed by atoms with van der Waals surface area (Å²) in [5.41, 5.74) is 1.98. The Labute approximate surface area is 102 Å². The van der Waals surface area contributed by atoms with E-state index in [2.05, 4.69) is 14.7 Å². The molecule has 0 aliphatic heterocycles.